The van der Waals surface area contributed by atoms with E-state index >= 15 is 0 Å². The molecule has 0 radical (unpaired) electrons. The monoisotopic (exact) mass is 279 g/mol. The van der Waals surface area contributed by atoms with E-state index in [0.717, 1.165) is 17.7 Å². The topological polar surface area (TPSA) is 37.4 Å². The third-order valence-corrected chi connectivity index (χ3v) is 3.89. The van der Waals surface area contributed by atoms with E-state index in [2.05, 4.69) is 0 Å². The zero-order chi connectivity index (χ0) is 14.0. The Morgan fingerprint density at radius 3 is 2.89 bits per heavy atom. The first-order chi connectivity index (χ1) is 9.04. The highest BCUT2D eigenvalue weighted by atomic mass is 35.5. The molecule has 1 aromatic rings. The van der Waals surface area contributed by atoms with E-state index in [0.29, 0.717) is 24.4 Å². The Kier molecular flexibility index (Phi) is 4.25. The van der Waals surface area contributed by atoms with Crippen LogP contribution in [0.5, 0.6) is 0 Å². The van der Waals surface area contributed by atoms with Gasteiger partial charge in [-0.3, -0.25) is 9.59 Å². The summed E-state index contributed by atoms with van der Waals surface area (Å²) in [7, 11) is 0. The molecule has 1 heterocycles. The molecule has 1 saturated heterocycles. The summed E-state index contributed by atoms with van der Waals surface area (Å²) in [6.45, 7) is 4.40. The highest BCUT2D eigenvalue weighted by Crippen LogP contribution is 2.31. The van der Waals surface area contributed by atoms with Crippen LogP contribution >= 0.6 is 11.6 Å². The number of halogens is 1. The van der Waals surface area contributed by atoms with Crippen molar-refractivity contribution < 1.29 is 9.59 Å². The summed E-state index contributed by atoms with van der Waals surface area (Å²) in [5.74, 6) is -0.570. The molecule has 3 nitrogen and oxygen atoms in total. The number of aryl methyl sites for hydroxylation is 1. The Morgan fingerprint density at radius 1 is 1.47 bits per heavy atom. The minimum absolute atomic E-state index is 0.0264. The van der Waals surface area contributed by atoms with Crippen LogP contribution in [0, 0.1) is 12.8 Å². The molecule has 0 bridgehead atoms. The average molecular weight is 280 g/mol. The smallest absolute Gasteiger partial charge is 0.237 e. The standard InChI is InChI=1S/C15H18ClNO2/c1-3-14(18)11-5-4-8-17(15(11)19)13-9-10(2)6-7-12(13)16/h6-7,9,11H,3-5,8H2,1-2H3/t11-/m0/s1. The van der Waals surface area contributed by atoms with Crippen molar-refractivity contribution in [2.75, 3.05) is 11.4 Å². The molecule has 4 heteroatoms. The van der Waals surface area contributed by atoms with Gasteiger partial charge in [-0.25, -0.2) is 0 Å². The fourth-order valence-electron chi connectivity index (χ4n) is 2.49. The molecular formula is C15H18ClNO2. The molecule has 0 spiro atoms. The first kappa shape index (κ1) is 14.1. The number of rotatable bonds is 3. The number of Topliss-reactive ketones (excluding diaryl/α,β-unsaturated/α-hetero) is 1. The van der Waals surface area contributed by atoms with Gasteiger partial charge in [0.05, 0.1) is 16.6 Å². The molecule has 0 N–H and O–H groups in total. The zero-order valence-electron chi connectivity index (χ0n) is 11.3. The van der Waals surface area contributed by atoms with Crippen LogP contribution in [0.4, 0.5) is 5.69 Å². The molecule has 0 unspecified atom stereocenters. The number of nitrogens with zero attached hydrogens (tertiary/aromatic N) is 1. The predicted octanol–water partition coefficient (Wildman–Crippen LogP) is 3.37. The molecule has 0 aromatic heterocycles. The minimum atomic E-state index is -0.490. The van der Waals surface area contributed by atoms with Crippen LogP contribution in [0.2, 0.25) is 5.02 Å². The molecular weight excluding hydrogens is 262 g/mol. The van der Waals surface area contributed by atoms with Gasteiger partial charge in [-0.1, -0.05) is 24.6 Å². The Labute approximate surface area is 118 Å². The van der Waals surface area contributed by atoms with Crippen molar-refractivity contribution in [3.8, 4) is 0 Å². The molecule has 1 atom stereocenters. The lowest BCUT2D eigenvalue weighted by atomic mass is 9.91. The maximum Gasteiger partial charge on any atom is 0.237 e. The van der Waals surface area contributed by atoms with Gasteiger partial charge in [0.15, 0.2) is 0 Å². The van der Waals surface area contributed by atoms with Gasteiger partial charge in [-0.05, 0) is 37.5 Å². The van der Waals surface area contributed by atoms with Crippen molar-refractivity contribution in [3.05, 3.63) is 28.8 Å². The summed E-state index contributed by atoms with van der Waals surface area (Å²) in [4.78, 5) is 25.9. The highest BCUT2D eigenvalue weighted by molar-refractivity contribution is 6.34. The number of ketones is 1. The number of anilines is 1. The van der Waals surface area contributed by atoms with Gasteiger partial charge in [0.25, 0.3) is 0 Å². The van der Waals surface area contributed by atoms with Gasteiger partial charge in [0.1, 0.15) is 5.78 Å². The molecule has 1 amide bonds. The van der Waals surface area contributed by atoms with Crippen LogP contribution in [-0.2, 0) is 9.59 Å². The van der Waals surface area contributed by atoms with Crippen LogP contribution in [0.1, 0.15) is 31.7 Å². The number of piperidine rings is 1. The van der Waals surface area contributed by atoms with E-state index in [1.165, 1.54) is 0 Å². The third-order valence-electron chi connectivity index (χ3n) is 3.57. The number of benzene rings is 1. The molecule has 1 fully saturated rings. The third kappa shape index (κ3) is 2.81. The number of hydrogen-bond donors (Lipinski definition) is 0. The van der Waals surface area contributed by atoms with Crippen molar-refractivity contribution in [1.29, 1.82) is 0 Å². The van der Waals surface area contributed by atoms with E-state index in [1.807, 2.05) is 19.1 Å². The Morgan fingerprint density at radius 2 is 2.21 bits per heavy atom. The van der Waals surface area contributed by atoms with Crippen LogP contribution < -0.4 is 4.90 Å². The maximum atomic E-state index is 12.4. The van der Waals surface area contributed by atoms with E-state index in [9.17, 15) is 9.59 Å². The SMILES string of the molecule is CCC(=O)[C@@H]1CCCN(c2cc(C)ccc2Cl)C1=O. The molecule has 19 heavy (non-hydrogen) atoms. The number of carbonyl (C=O) groups is 2. The second-order valence-electron chi connectivity index (χ2n) is 4.96. The lowest BCUT2D eigenvalue weighted by Gasteiger charge is -2.32. The molecule has 1 aliphatic rings. The summed E-state index contributed by atoms with van der Waals surface area (Å²) in [5.41, 5.74) is 1.77. The van der Waals surface area contributed by atoms with E-state index in [4.69, 9.17) is 11.6 Å². The van der Waals surface area contributed by atoms with E-state index in [-0.39, 0.29) is 11.7 Å². The summed E-state index contributed by atoms with van der Waals surface area (Å²) in [6.07, 6.45) is 1.91. The summed E-state index contributed by atoms with van der Waals surface area (Å²) in [5, 5.41) is 0.559. The second kappa shape index (κ2) is 5.74. The fraction of sp³-hybridized carbons (Fsp3) is 0.467. The maximum absolute atomic E-state index is 12.4. The van der Waals surface area contributed by atoms with E-state index < -0.39 is 5.92 Å². The lowest BCUT2D eigenvalue weighted by Crippen LogP contribution is -2.44. The van der Waals surface area contributed by atoms with Crippen LogP contribution in [0.3, 0.4) is 0 Å². The number of hydrogen-bond acceptors (Lipinski definition) is 2. The van der Waals surface area contributed by atoms with Crippen molar-refractivity contribution in [2.45, 2.75) is 33.1 Å². The van der Waals surface area contributed by atoms with Gasteiger partial charge >= 0.3 is 0 Å². The van der Waals surface area contributed by atoms with Crippen molar-refractivity contribution in [2.24, 2.45) is 5.92 Å². The normalized spacial score (nSPS) is 19.6. The minimum Gasteiger partial charge on any atom is -0.310 e. The van der Waals surface area contributed by atoms with Crippen LogP contribution in [0.25, 0.3) is 0 Å². The van der Waals surface area contributed by atoms with Gasteiger partial charge in [-0.2, -0.15) is 0 Å². The molecule has 102 valence electrons. The Bertz CT molecular complexity index is 513. The van der Waals surface area contributed by atoms with Crippen LogP contribution in [-0.4, -0.2) is 18.2 Å². The first-order valence-electron chi connectivity index (χ1n) is 6.64. The largest absolute Gasteiger partial charge is 0.310 e. The van der Waals surface area contributed by atoms with Crippen molar-refractivity contribution in [3.63, 3.8) is 0 Å². The molecule has 1 aromatic carbocycles. The zero-order valence-corrected chi connectivity index (χ0v) is 12.0. The van der Waals surface area contributed by atoms with Crippen LogP contribution in [0.15, 0.2) is 18.2 Å². The summed E-state index contributed by atoms with van der Waals surface area (Å²) >= 11 is 6.18. The summed E-state index contributed by atoms with van der Waals surface area (Å²) in [6, 6.07) is 5.61. The van der Waals surface area contributed by atoms with Gasteiger partial charge < -0.3 is 4.90 Å². The summed E-state index contributed by atoms with van der Waals surface area (Å²) < 4.78 is 0. The molecule has 2 rings (SSSR count). The predicted molar refractivity (Wildman–Crippen MR) is 76.6 cm³/mol. The Balaban J connectivity index is 2.31. The van der Waals surface area contributed by atoms with Gasteiger partial charge in [0.2, 0.25) is 5.91 Å². The first-order valence-corrected chi connectivity index (χ1v) is 7.02. The Hall–Kier alpha value is -1.35. The molecule has 0 saturated carbocycles. The second-order valence-corrected chi connectivity index (χ2v) is 5.37. The van der Waals surface area contributed by atoms with E-state index in [1.54, 1.807) is 17.9 Å². The molecule has 0 aliphatic carbocycles. The quantitative estimate of drug-likeness (QED) is 0.796. The van der Waals surface area contributed by atoms with Gasteiger partial charge in [-0.15, -0.1) is 0 Å². The van der Waals surface area contributed by atoms with Crippen molar-refractivity contribution >= 4 is 29.0 Å². The molecule has 1 aliphatic heterocycles. The number of carbonyl (C=O) groups excluding carboxylic acids is 2. The fourth-order valence-corrected chi connectivity index (χ4v) is 2.71. The lowest BCUT2D eigenvalue weighted by molar-refractivity contribution is -0.133. The average Bonchev–Trinajstić information content (AvgIpc) is 2.41. The van der Waals surface area contributed by atoms with Crippen molar-refractivity contribution in [1.82, 2.24) is 0 Å². The number of amides is 1. The highest BCUT2D eigenvalue weighted by Gasteiger charge is 2.34. The van der Waals surface area contributed by atoms with Gasteiger partial charge in [0, 0.05) is 13.0 Å².